The first kappa shape index (κ1) is 22.6. The fourth-order valence-corrected chi connectivity index (χ4v) is 3.50. The van der Waals surface area contributed by atoms with Crippen molar-refractivity contribution in [2.24, 2.45) is 0 Å². The highest BCUT2D eigenvalue weighted by molar-refractivity contribution is 7.98. The van der Waals surface area contributed by atoms with Crippen molar-refractivity contribution in [3.63, 3.8) is 0 Å². The zero-order chi connectivity index (χ0) is 22.2. The summed E-state index contributed by atoms with van der Waals surface area (Å²) in [6, 6.07) is 9.79. The van der Waals surface area contributed by atoms with E-state index in [2.05, 4.69) is 16.9 Å². The van der Waals surface area contributed by atoms with Crippen molar-refractivity contribution in [3.8, 4) is 11.5 Å². The Hall–Kier alpha value is -3.13. The van der Waals surface area contributed by atoms with E-state index in [1.54, 1.807) is 24.3 Å². The third-order valence-corrected chi connectivity index (χ3v) is 5.09. The quantitative estimate of drug-likeness (QED) is 0.204. The van der Waals surface area contributed by atoms with Gasteiger partial charge in [-0.05, 0) is 50.6 Å². The minimum atomic E-state index is -0.641. The highest BCUT2D eigenvalue weighted by Crippen LogP contribution is 2.20. The summed E-state index contributed by atoms with van der Waals surface area (Å²) in [4.78, 5) is 33.3. The molecule has 1 aromatic carbocycles. The van der Waals surface area contributed by atoms with E-state index in [0.717, 1.165) is 30.5 Å². The van der Waals surface area contributed by atoms with E-state index < -0.39 is 11.4 Å². The molecule has 2 heterocycles. The van der Waals surface area contributed by atoms with Gasteiger partial charge in [-0.25, -0.2) is 14.8 Å². The lowest BCUT2D eigenvalue weighted by Crippen LogP contribution is -2.14. The molecule has 0 fully saturated rings. The lowest BCUT2D eigenvalue weighted by Gasteiger charge is -2.07. The lowest BCUT2D eigenvalue weighted by molar-refractivity contribution is 0.0728. The molecule has 0 atom stereocenters. The molecule has 7 nitrogen and oxygen atoms in total. The number of hydrogen-bond acceptors (Lipinski definition) is 8. The monoisotopic (exact) mass is 440 g/mol. The summed E-state index contributed by atoms with van der Waals surface area (Å²) in [6.45, 7) is 6.51. The van der Waals surface area contributed by atoms with Gasteiger partial charge >= 0.3 is 5.97 Å². The summed E-state index contributed by atoms with van der Waals surface area (Å²) in [7, 11) is 0. The Morgan fingerprint density at radius 2 is 1.81 bits per heavy atom. The van der Waals surface area contributed by atoms with Crippen LogP contribution in [-0.2, 0) is 5.75 Å². The molecule has 2 aromatic heterocycles. The van der Waals surface area contributed by atoms with Crippen LogP contribution in [0, 0.1) is 13.8 Å². The standard InChI is InChI=1S/C23H24N2O5S/c1-4-5-10-28-18-8-6-17(7-9-18)22(27)30-21-13-29-19(12-20(21)26)14-31-23-24-15(2)11-16(3)25-23/h6-9,11-13H,4-5,10,14H2,1-3H3. The molecule has 3 rings (SSSR count). The van der Waals surface area contributed by atoms with Gasteiger partial charge < -0.3 is 13.9 Å². The number of nitrogens with zero attached hydrogens (tertiary/aromatic N) is 2. The molecule has 162 valence electrons. The highest BCUT2D eigenvalue weighted by atomic mass is 32.2. The van der Waals surface area contributed by atoms with Gasteiger partial charge in [0.1, 0.15) is 17.8 Å². The molecule has 0 N–H and O–H groups in total. The van der Waals surface area contributed by atoms with Crippen LogP contribution < -0.4 is 14.9 Å². The van der Waals surface area contributed by atoms with Gasteiger partial charge in [0.15, 0.2) is 5.16 Å². The Kier molecular flexibility index (Phi) is 7.83. The first-order valence-electron chi connectivity index (χ1n) is 9.96. The van der Waals surface area contributed by atoms with Gasteiger partial charge in [-0.1, -0.05) is 25.1 Å². The zero-order valence-electron chi connectivity index (χ0n) is 17.7. The lowest BCUT2D eigenvalue weighted by atomic mass is 10.2. The number of thioether (sulfide) groups is 1. The smallest absolute Gasteiger partial charge is 0.343 e. The maximum atomic E-state index is 12.3. The summed E-state index contributed by atoms with van der Waals surface area (Å²) < 4.78 is 16.2. The van der Waals surface area contributed by atoms with Crippen molar-refractivity contribution >= 4 is 17.7 Å². The van der Waals surface area contributed by atoms with Gasteiger partial charge in [-0.15, -0.1) is 0 Å². The Balaban J connectivity index is 1.59. The number of carbonyl (C=O) groups is 1. The van der Waals surface area contributed by atoms with E-state index >= 15 is 0 Å². The molecule has 0 saturated heterocycles. The molecule has 31 heavy (non-hydrogen) atoms. The van der Waals surface area contributed by atoms with Crippen LogP contribution in [0.1, 0.15) is 47.3 Å². The second-order valence-corrected chi connectivity index (χ2v) is 7.86. The SMILES string of the molecule is CCCCOc1ccc(C(=O)Oc2coc(CSc3nc(C)cc(C)n3)cc2=O)cc1. The molecular weight excluding hydrogens is 416 g/mol. The van der Waals surface area contributed by atoms with Crippen molar-refractivity contribution in [2.45, 2.75) is 44.5 Å². The molecule has 0 aliphatic carbocycles. The Bertz CT molecular complexity index is 1080. The zero-order valence-corrected chi connectivity index (χ0v) is 18.5. The van der Waals surface area contributed by atoms with E-state index in [1.807, 2.05) is 19.9 Å². The van der Waals surface area contributed by atoms with E-state index in [9.17, 15) is 9.59 Å². The van der Waals surface area contributed by atoms with E-state index in [-0.39, 0.29) is 5.75 Å². The van der Waals surface area contributed by atoms with Crippen LogP contribution >= 0.6 is 11.8 Å². The third kappa shape index (κ3) is 6.68. The summed E-state index contributed by atoms with van der Waals surface area (Å²) in [6.07, 6.45) is 3.16. The molecule has 8 heteroatoms. The number of ether oxygens (including phenoxy) is 2. The largest absolute Gasteiger partial charge is 0.494 e. The van der Waals surface area contributed by atoms with Gasteiger partial charge in [0.25, 0.3) is 0 Å². The average molecular weight is 441 g/mol. The topological polar surface area (TPSA) is 91.5 Å². The van der Waals surface area contributed by atoms with Crippen molar-refractivity contribution in [1.29, 1.82) is 0 Å². The van der Waals surface area contributed by atoms with Crippen molar-refractivity contribution in [2.75, 3.05) is 6.61 Å². The molecule has 0 aliphatic rings. The summed E-state index contributed by atoms with van der Waals surface area (Å²) >= 11 is 1.36. The second-order valence-electron chi connectivity index (χ2n) is 6.91. The number of aromatic nitrogens is 2. The fraction of sp³-hybridized carbons (Fsp3) is 0.304. The van der Waals surface area contributed by atoms with Crippen molar-refractivity contribution in [1.82, 2.24) is 9.97 Å². The van der Waals surface area contributed by atoms with Crippen LogP contribution in [0.2, 0.25) is 0 Å². The molecule has 0 amide bonds. The van der Waals surface area contributed by atoms with Crippen LogP contribution in [0.3, 0.4) is 0 Å². The number of benzene rings is 1. The number of hydrogen-bond donors (Lipinski definition) is 0. The predicted octanol–water partition coefficient (Wildman–Crippen LogP) is 4.74. The Morgan fingerprint density at radius 1 is 1.10 bits per heavy atom. The fourth-order valence-electron chi connectivity index (χ4n) is 2.66. The third-order valence-electron chi connectivity index (χ3n) is 4.22. The van der Waals surface area contributed by atoms with Crippen molar-refractivity contribution < 1.29 is 18.7 Å². The maximum Gasteiger partial charge on any atom is 0.343 e. The average Bonchev–Trinajstić information content (AvgIpc) is 2.74. The highest BCUT2D eigenvalue weighted by Gasteiger charge is 2.13. The normalized spacial score (nSPS) is 10.7. The number of unbranched alkanes of at least 4 members (excludes halogenated alkanes) is 1. The molecule has 0 aliphatic heterocycles. The van der Waals surface area contributed by atoms with Gasteiger partial charge in [0.2, 0.25) is 11.2 Å². The summed E-state index contributed by atoms with van der Waals surface area (Å²) in [5, 5.41) is 0.609. The summed E-state index contributed by atoms with van der Waals surface area (Å²) in [5.41, 5.74) is 1.63. The van der Waals surface area contributed by atoms with Gasteiger partial charge in [-0.2, -0.15) is 0 Å². The number of esters is 1. The minimum Gasteiger partial charge on any atom is -0.494 e. The Labute approximate surface area is 184 Å². The van der Waals surface area contributed by atoms with Gasteiger partial charge in [0, 0.05) is 17.5 Å². The number of aryl methyl sites for hydroxylation is 2. The molecule has 0 saturated carbocycles. The van der Waals surface area contributed by atoms with Crippen LogP contribution in [0.5, 0.6) is 11.5 Å². The van der Waals surface area contributed by atoms with Gasteiger partial charge in [-0.3, -0.25) is 4.79 Å². The van der Waals surface area contributed by atoms with Crippen LogP contribution in [0.15, 0.2) is 57.0 Å². The minimum absolute atomic E-state index is 0.162. The van der Waals surface area contributed by atoms with E-state index in [0.29, 0.717) is 34.6 Å². The second kappa shape index (κ2) is 10.8. The van der Waals surface area contributed by atoms with Crippen LogP contribution in [0.4, 0.5) is 0 Å². The molecular formula is C23H24N2O5S. The summed E-state index contributed by atoms with van der Waals surface area (Å²) in [5.74, 6) is 0.694. The Morgan fingerprint density at radius 3 is 2.45 bits per heavy atom. The molecule has 0 bridgehead atoms. The van der Waals surface area contributed by atoms with E-state index in [4.69, 9.17) is 13.9 Å². The molecule has 3 aromatic rings. The van der Waals surface area contributed by atoms with Crippen molar-refractivity contribution in [3.05, 3.63) is 75.6 Å². The first-order chi connectivity index (χ1) is 14.9. The molecule has 0 unspecified atom stereocenters. The van der Waals surface area contributed by atoms with Crippen LogP contribution in [-0.4, -0.2) is 22.5 Å². The number of carbonyl (C=O) groups excluding carboxylic acids is 1. The first-order valence-corrected chi connectivity index (χ1v) is 10.9. The molecule has 0 spiro atoms. The molecule has 0 radical (unpaired) electrons. The number of rotatable bonds is 9. The van der Waals surface area contributed by atoms with E-state index in [1.165, 1.54) is 17.8 Å². The predicted molar refractivity (Wildman–Crippen MR) is 118 cm³/mol. The van der Waals surface area contributed by atoms with Crippen LogP contribution in [0.25, 0.3) is 0 Å². The maximum absolute atomic E-state index is 12.3. The van der Waals surface area contributed by atoms with Gasteiger partial charge in [0.05, 0.1) is 17.9 Å².